The zero-order valence-electron chi connectivity index (χ0n) is 12.1. The normalized spacial score (nSPS) is 10.0. The van der Waals surface area contributed by atoms with E-state index in [9.17, 15) is 9.59 Å². The Bertz CT molecular complexity index is 631. The van der Waals surface area contributed by atoms with Crippen LogP contribution >= 0.6 is 0 Å². The molecule has 0 fully saturated rings. The molecule has 2 amide bonds. The third kappa shape index (κ3) is 4.18. The second-order valence-corrected chi connectivity index (χ2v) is 4.82. The molecule has 21 heavy (non-hydrogen) atoms. The highest BCUT2D eigenvalue weighted by molar-refractivity contribution is 6.43. The number of aryl methyl sites for hydroxylation is 2. The van der Waals surface area contributed by atoms with E-state index in [4.69, 9.17) is 0 Å². The quantitative estimate of drug-likeness (QED) is 0.850. The minimum Gasteiger partial charge on any atom is -0.318 e. The number of carbonyl (C=O) groups excluding carboxylic acids is 2. The predicted octanol–water partition coefficient (Wildman–Crippen LogP) is 3.13. The lowest BCUT2D eigenvalue weighted by Crippen LogP contribution is -2.29. The summed E-state index contributed by atoms with van der Waals surface area (Å²) >= 11 is 0. The maximum Gasteiger partial charge on any atom is 0.314 e. The van der Waals surface area contributed by atoms with E-state index < -0.39 is 11.8 Å². The van der Waals surface area contributed by atoms with Gasteiger partial charge in [-0.05, 0) is 43.2 Å². The maximum atomic E-state index is 11.8. The smallest absolute Gasteiger partial charge is 0.314 e. The SMILES string of the molecule is CCc1ccc(NC(=O)C(=O)Nc2ccc(C)cc2)cc1. The van der Waals surface area contributed by atoms with Crippen LogP contribution in [0.25, 0.3) is 0 Å². The summed E-state index contributed by atoms with van der Waals surface area (Å²) in [6.07, 6.45) is 0.933. The van der Waals surface area contributed by atoms with Gasteiger partial charge in [0.1, 0.15) is 0 Å². The minimum atomic E-state index is -0.682. The Labute approximate surface area is 124 Å². The van der Waals surface area contributed by atoms with Gasteiger partial charge < -0.3 is 10.6 Å². The molecule has 2 rings (SSSR count). The van der Waals surface area contributed by atoms with Crippen molar-refractivity contribution in [3.63, 3.8) is 0 Å². The molecule has 0 bridgehead atoms. The molecule has 0 aliphatic rings. The predicted molar refractivity (Wildman–Crippen MR) is 84.3 cm³/mol. The second kappa shape index (κ2) is 6.70. The van der Waals surface area contributed by atoms with Crippen LogP contribution in [0.2, 0.25) is 0 Å². The highest BCUT2D eigenvalue weighted by Gasteiger charge is 2.13. The van der Waals surface area contributed by atoms with Crippen LogP contribution in [0.1, 0.15) is 18.1 Å². The van der Waals surface area contributed by atoms with Crippen molar-refractivity contribution >= 4 is 23.2 Å². The summed E-state index contributed by atoms with van der Waals surface area (Å²) in [4.78, 5) is 23.6. The molecule has 0 aliphatic carbocycles. The van der Waals surface area contributed by atoms with Crippen LogP contribution in [0.3, 0.4) is 0 Å². The van der Waals surface area contributed by atoms with Crippen molar-refractivity contribution in [2.24, 2.45) is 0 Å². The zero-order valence-corrected chi connectivity index (χ0v) is 12.1. The number of benzene rings is 2. The summed E-state index contributed by atoms with van der Waals surface area (Å²) in [5, 5.41) is 5.13. The zero-order chi connectivity index (χ0) is 15.2. The first-order valence-corrected chi connectivity index (χ1v) is 6.86. The fourth-order valence-corrected chi connectivity index (χ4v) is 1.84. The summed E-state index contributed by atoms with van der Waals surface area (Å²) in [5.74, 6) is -1.36. The van der Waals surface area contributed by atoms with Gasteiger partial charge in [-0.15, -0.1) is 0 Å². The fraction of sp³-hybridized carbons (Fsp3) is 0.176. The van der Waals surface area contributed by atoms with Gasteiger partial charge in [0.15, 0.2) is 0 Å². The first-order valence-electron chi connectivity index (χ1n) is 6.86. The molecule has 0 saturated heterocycles. The topological polar surface area (TPSA) is 58.2 Å². The molecule has 0 radical (unpaired) electrons. The molecule has 0 atom stereocenters. The number of anilines is 2. The Morgan fingerprint density at radius 3 is 1.67 bits per heavy atom. The van der Waals surface area contributed by atoms with Crippen molar-refractivity contribution < 1.29 is 9.59 Å². The van der Waals surface area contributed by atoms with Gasteiger partial charge >= 0.3 is 11.8 Å². The highest BCUT2D eigenvalue weighted by atomic mass is 16.2. The monoisotopic (exact) mass is 282 g/mol. The molecule has 0 heterocycles. The van der Waals surface area contributed by atoms with Gasteiger partial charge in [-0.25, -0.2) is 0 Å². The molecule has 2 N–H and O–H groups in total. The number of carbonyl (C=O) groups is 2. The Morgan fingerprint density at radius 2 is 1.24 bits per heavy atom. The number of hydrogen-bond donors (Lipinski definition) is 2. The first kappa shape index (κ1) is 14.8. The van der Waals surface area contributed by atoms with E-state index in [1.54, 1.807) is 24.3 Å². The van der Waals surface area contributed by atoms with Gasteiger partial charge in [0.2, 0.25) is 0 Å². The van der Waals surface area contributed by atoms with Crippen LogP contribution in [0.15, 0.2) is 48.5 Å². The molecule has 0 saturated carbocycles. The lowest BCUT2D eigenvalue weighted by molar-refractivity contribution is -0.132. The van der Waals surface area contributed by atoms with Crippen LogP contribution in [-0.4, -0.2) is 11.8 Å². The molecule has 108 valence electrons. The van der Waals surface area contributed by atoms with Crippen molar-refractivity contribution in [3.05, 3.63) is 59.7 Å². The minimum absolute atomic E-state index is 0.599. The summed E-state index contributed by atoms with van der Waals surface area (Å²) < 4.78 is 0. The largest absolute Gasteiger partial charge is 0.318 e. The average Bonchev–Trinajstić information content (AvgIpc) is 2.50. The highest BCUT2D eigenvalue weighted by Crippen LogP contribution is 2.11. The Balaban J connectivity index is 1.95. The van der Waals surface area contributed by atoms with Crippen molar-refractivity contribution in [1.82, 2.24) is 0 Å². The van der Waals surface area contributed by atoms with Gasteiger partial charge in [-0.1, -0.05) is 36.8 Å². The number of rotatable bonds is 3. The summed E-state index contributed by atoms with van der Waals surface area (Å²) in [7, 11) is 0. The lowest BCUT2D eigenvalue weighted by Gasteiger charge is -2.07. The average molecular weight is 282 g/mol. The number of amides is 2. The molecule has 0 aromatic heterocycles. The van der Waals surface area contributed by atoms with Crippen molar-refractivity contribution in [3.8, 4) is 0 Å². The van der Waals surface area contributed by atoms with Crippen molar-refractivity contribution in [2.45, 2.75) is 20.3 Å². The van der Waals surface area contributed by atoms with Crippen molar-refractivity contribution in [2.75, 3.05) is 10.6 Å². The van der Waals surface area contributed by atoms with E-state index in [0.29, 0.717) is 11.4 Å². The second-order valence-electron chi connectivity index (χ2n) is 4.82. The lowest BCUT2D eigenvalue weighted by atomic mass is 10.1. The summed E-state index contributed by atoms with van der Waals surface area (Å²) in [6.45, 7) is 4.01. The van der Waals surface area contributed by atoms with E-state index in [2.05, 4.69) is 17.6 Å². The van der Waals surface area contributed by atoms with Crippen molar-refractivity contribution in [1.29, 1.82) is 0 Å². The maximum absolute atomic E-state index is 11.8. The first-order chi connectivity index (χ1) is 10.1. The van der Waals surface area contributed by atoms with E-state index in [1.807, 2.05) is 31.2 Å². The van der Waals surface area contributed by atoms with Crippen LogP contribution in [0.4, 0.5) is 11.4 Å². The molecule has 4 heteroatoms. The molecule has 2 aromatic carbocycles. The van der Waals surface area contributed by atoms with Gasteiger partial charge in [-0.2, -0.15) is 0 Å². The van der Waals surface area contributed by atoms with Crippen LogP contribution in [0, 0.1) is 6.92 Å². The number of nitrogens with one attached hydrogen (secondary N) is 2. The third-order valence-electron chi connectivity index (χ3n) is 3.14. The van der Waals surface area contributed by atoms with Gasteiger partial charge in [0.05, 0.1) is 0 Å². The number of hydrogen-bond acceptors (Lipinski definition) is 2. The Hall–Kier alpha value is -2.62. The van der Waals surface area contributed by atoms with E-state index >= 15 is 0 Å². The molecule has 2 aromatic rings. The van der Waals surface area contributed by atoms with Crippen LogP contribution < -0.4 is 10.6 Å². The molecule has 0 aliphatic heterocycles. The standard InChI is InChI=1S/C17H18N2O2/c1-3-13-6-10-15(11-7-13)19-17(21)16(20)18-14-8-4-12(2)5-9-14/h4-11H,3H2,1-2H3,(H,18,20)(H,19,21). The third-order valence-corrected chi connectivity index (χ3v) is 3.14. The van der Waals surface area contributed by atoms with E-state index in [-0.39, 0.29) is 0 Å². The Morgan fingerprint density at radius 1 is 0.810 bits per heavy atom. The summed E-state index contributed by atoms with van der Waals surface area (Å²) in [5.41, 5.74) is 3.48. The fourth-order valence-electron chi connectivity index (χ4n) is 1.84. The molecular weight excluding hydrogens is 264 g/mol. The Kier molecular flexibility index (Phi) is 4.72. The molecular formula is C17H18N2O2. The van der Waals surface area contributed by atoms with Gasteiger partial charge in [0, 0.05) is 11.4 Å². The molecule has 0 spiro atoms. The molecule has 0 unspecified atom stereocenters. The van der Waals surface area contributed by atoms with Gasteiger partial charge in [-0.3, -0.25) is 9.59 Å². The van der Waals surface area contributed by atoms with Gasteiger partial charge in [0.25, 0.3) is 0 Å². The summed E-state index contributed by atoms with van der Waals surface area (Å²) in [6, 6.07) is 14.7. The van der Waals surface area contributed by atoms with Crippen LogP contribution in [0.5, 0.6) is 0 Å². The van der Waals surface area contributed by atoms with E-state index in [1.165, 1.54) is 5.56 Å². The van der Waals surface area contributed by atoms with Crippen LogP contribution in [-0.2, 0) is 16.0 Å². The molecule has 4 nitrogen and oxygen atoms in total. The van der Waals surface area contributed by atoms with E-state index in [0.717, 1.165) is 12.0 Å².